The fraction of sp³-hybridized carbons (Fsp3) is 0.273. The monoisotopic (exact) mass is 422 g/mol. The maximum absolute atomic E-state index is 12.5. The second-order valence-electron chi connectivity index (χ2n) is 7.36. The number of nitrogens with one attached hydrogen (secondary N) is 1. The molecule has 1 saturated heterocycles. The van der Waals surface area contributed by atoms with Gasteiger partial charge in [0.1, 0.15) is 16.5 Å². The highest BCUT2D eigenvalue weighted by atomic mass is 32.1. The lowest BCUT2D eigenvalue weighted by Crippen LogP contribution is -2.28. The van der Waals surface area contributed by atoms with Gasteiger partial charge < -0.3 is 15.0 Å². The lowest BCUT2D eigenvalue weighted by atomic mass is 10.1. The average Bonchev–Trinajstić information content (AvgIpc) is 3.31. The summed E-state index contributed by atoms with van der Waals surface area (Å²) in [4.78, 5) is 26.6. The van der Waals surface area contributed by atoms with E-state index in [1.807, 2.05) is 56.3 Å². The zero-order chi connectivity index (χ0) is 21.3. The minimum Gasteiger partial charge on any atom is -0.457 e. The second-order valence-corrected chi connectivity index (χ2v) is 8.54. The van der Waals surface area contributed by atoms with Crippen molar-refractivity contribution < 1.29 is 14.3 Å². The van der Waals surface area contributed by atoms with Crippen molar-refractivity contribution in [1.82, 2.24) is 10.2 Å². The van der Waals surface area contributed by atoms with Crippen LogP contribution in [0.5, 0.6) is 11.5 Å². The predicted molar refractivity (Wildman–Crippen MR) is 116 cm³/mol. The Bertz CT molecular complexity index is 1090. The van der Waals surface area contributed by atoms with Crippen LogP contribution < -0.4 is 15.0 Å². The molecular weight excluding hydrogens is 400 g/mol. The highest BCUT2D eigenvalue weighted by Crippen LogP contribution is 2.30. The quantitative estimate of drug-likeness (QED) is 0.665. The summed E-state index contributed by atoms with van der Waals surface area (Å²) < 4.78 is 5.91. The first-order valence-corrected chi connectivity index (χ1v) is 10.5. The van der Waals surface area contributed by atoms with Gasteiger partial charge in [-0.3, -0.25) is 9.59 Å². The molecule has 3 aromatic rings. The summed E-state index contributed by atoms with van der Waals surface area (Å²) in [5.74, 6) is 0.748. The molecule has 154 valence electrons. The number of aryl methyl sites for hydroxylation is 3. The third-order valence-electron chi connectivity index (χ3n) is 5.11. The van der Waals surface area contributed by atoms with Gasteiger partial charge in [-0.2, -0.15) is 0 Å². The van der Waals surface area contributed by atoms with Crippen molar-refractivity contribution in [3.63, 3.8) is 0 Å². The number of nitrogens with zero attached hydrogens (tertiary/aromatic N) is 3. The molecule has 0 unspecified atom stereocenters. The molecule has 0 spiro atoms. The number of carbonyl (C=O) groups excluding carboxylic acids is 2. The number of hydrogen-bond acceptors (Lipinski definition) is 6. The fourth-order valence-electron chi connectivity index (χ4n) is 3.29. The molecule has 7 nitrogen and oxygen atoms in total. The molecule has 0 radical (unpaired) electrons. The maximum atomic E-state index is 12.5. The Balaban J connectivity index is 1.40. The molecule has 1 aliphatic heterocycles. The van der Waals surface area contributed by atoms with Crippen LogP contribution in [0.15, 0.2) is 42.5 Å². The highest BCUT2D eigenvalue weighted by molar-refractivity contribution is 7.15. The van der Waals surface area contributed by atoms with Crippen molar-refractivity contribution in [3.8, 4) is 11.5 Å². The zero-order valence-corrected chi connectivity index (χ0v) is 17.8. The Morgan fingerprint density at radius 3 is 2.47 bits per heavy atom. The summed E-state index contributed by atoms with van der Waals surface area (Å²) in [5, 5.41) is 11.8. The molecule has 1 atom stereocenters. The van der Waals surface area contributed by atoms with Gasteiger partial charge in [0.25, 0.3) is 0 Å². The third-order valence-corrected chi connectivity index (χ3v) is 5.87. The zero-order valence-electron chi connectivity index (χ0n) is 17.0. The molecule has 1 fully saturated rings. The van der Waals surface area contributed by atoms with Crippen molar-refractivity contribution in [2.75, 3.05) is 16.8 Å². The molecule has 0 aliphatic carbocycles. The Labute approximate surface area is 178 Å². The molecule has 30 heavy (non-hydrogen) atoms. The normalized spacial score (nSPS) is 16.0. The molecule has 1 aromatic heterocycles. The number of benzene rings is 2. The van der Waals surface area contributed by atoms with E-state index in [2.05, 4.69) is 22.4 Å². The van der Waals surface area contributed by atoms with E-state index in [1.54, 1.807) is 4.90 Å². The van der Waals surface area contributed by atoms with Gasteiger partial charge in [-0.1, -0.05) is 17.4 Å². The van der Waals surface area contributed by atoms with Gasteiger partial charge in [0, 0.05) is 18.7 Å². The van der Waals surface area contributed by atoms with Crippen molar-refractivity contribution >= 4 is 34.0 Å². The molecule has 4 rings (SSSR count). The van der Waals surface area contributed by atoms with E-state index < -0.39 is 5.92 Å². The summed E-state index contributed by atoms with van der Waals surface area (Å²) in [6, 6.07) is 13.3. The molecule has 8 heteroatoms. The van der Waals surface area contributed by atoms with Gasteiger partial charge in [-0.15, -0.1) is 10.2 Å². The van der Waals surface area contributed by atoms with Gasteiger partial charge in [-0.05, 0) is 68.3 Å². The van der Waals surface area contributed by atoms with Crippen LogP contribution in [0.4, 0.5) is 10.8 Å². The van der Waals surface area contributed by atoms with Gasteiger partial charge in [-0.25, -0.2) is 0 Å². The summed E-state index contributed by atoms with van der Waals surface area (Å²) in [5.41, 5.74) is 3.12. The lowest BCUT2D eigenvalue weighted by Gasteiger charge is -2.17. The number of ether oxygens (including phenoxy) is 1. The van der Waals surface area contributed by atoms with Crippen LogP contribution in [-0.4, -0.2) is 28.6 Å². The number of aromatic nitrogens is 2. The third kappa shape index (κ3) is 4.33. The van der Waals surface area contributed by atoms with Crippen LogP contribution >= 0.6 is 11.3 Å². The van der Waals surface area contributed by atoms with Gasteiger partial charge in [0.2, 0.25) is 16.9 Å². The minimum atomic E-state index is -0.423. The van der Waals surface area contributed by atoms with E-state index in [4.69, 9.17) is 4.74 Å². The van der Waals surface area contributed by atoms with E-state index in [0.717, 1.165) is 16.4 Å². The van der Waals surface area contributed by atoms with E-state index >= 15 is 0 Å². The van der Waals surface area contributed by atoms with Crippen molar-refractivity contribution in [2.24, 2.45) is 5.92 Å². The number of anilines is 2. The number of amides is 2. The van der Waals surface area contributed by atoms with Gasteiger partial charge in [0.05, 0.1) is 5.92 Å². The molecule has 2 aromatic carbocycles. The van der Waals surface area contributed by atoms with Crippen molar-refractivity contribution in [3.05, 3.63) is 58.6 Å². The fourth-order valence-corrected chi connectivity index (χ4v) is 3.89. The number of carbonyl (C=O) groups is 2. The highest BCUT2D eigenvalue weighted by Gasteiger charge is 2.35. The molecule has 2 amide bonds. The van der Waals surface area contributed by atoms with Crippen molar-refractivity contribution in [2.45, 2.75) is 27.2 Å². The van der Waals surface area contributed by atoms with E-state index in [0.29, 0.717) is 17.4 Å². The summed E-state index contributed by atoms with van der Waals surface area (Å²) >= 11 is 1.31. The SMILES string of the molecule is Cc1nnc(NC(=O)[C@H]2CC(=O)N(c3ccc(Oc4ccc(C)c(C)c4)cc3)C2)s1. The van der Waals surface area contributed by atoms with Crippen molar-refractivity contribution in [1.29, 1.82) is 0 Å². The maximum Gasteiger partial charge on any atom is 0.231 e. The predicted octanol–water partition coefficient (Wildman–Crippen LogP) is 4.25. The van der Waals surface area contributed by atoms with E-state index in [1.165, 1.54) is 22.5 Å². The number of hydrogen-bond donors (Lipinski definition) is 1. The molecule has 1 aliphatic rings. The largest absolute Gasteiger partial charge is 0.457 e. The van der Waals surface area contributed by atoms with Crippen LogP contribution in [0.3, 0.4) is 0 Å². The Kier molecular flexibility index (Phi) is 5.50. The molecule has 2 heterocycles. The van der Waals surface area contributed by atoms with Crippen LogP contribution in [0.1, 0.15) is 22.6 Å². The lowest BCUT2D eigenvalue weighted by molar-refractivity contribution is -0.122. The standard InChI is InChI=1S/C22H22N4O3S/c1-13-4-7-19(10-14(13)2)29-18-8-5-17(6-9-18)26-12-16(11-20(26)27)21(28)23-22-25-24-15(3)30-22/h4-10,16H,11-12H2,1-3H3,(H,23,25,28)/t16-/m0/s1. The second kappa shape index (κ2) is 8.23. The summed E-state index contributed by atoms with van der Waals surface area (Å²) in [6.45, 7) is 6.26. The Hall–Kier alpha value is -3.26. The first-order chi connectivity index (χ1) is 14.4. The van der Waals surface area contributed by atoms with Crippen LogP contribution in [0.2, 0.25) is 0 Å². The van der Waals surface area contributed by atoms with Crippen LogP contribution in [-0.2, 0) is 9.59 Å². The number of rotatable bonds is 5. The molecular formula is C22H22N4O3S. The molecule has 1 N–H and O–H groups in total. The molecule has 0 saturated carbocycles. The van der Waals surface area contributed by atoms with Gasteiger partial charge in [0.15, 0.2) is 0 Å². The average molecular weight is 423 g/mol. The van der Waals surface area contributed by atoms with Gasteiger partial charge >= 0.3 is 0 Å². The Morgan fingerprint density at radius 1 is 1.07 bits per heavy atom. The first-order valence-electron chi connectivity index (χ1n) is 9.65. The van der Waals surface area contributed by atoms with Crippen LogP contribution in [0, 0.1) is 26.7 Å². The topological polar surface area (TPSA) is 84.4 Å². The molecule has 0 bridgehead atoms. The summed E-state index contributed by atoms with van der Waals surface area (Å²) in [6.07, 6.45) is 0.171. The van der Waals surface area contributed by atoms with E-state index in [-0.39, 0.29) is 18.2 Å². The minimum absolute atomic E-state index is 0.0774. The van der Waals surface area contributed by atoms with E-state index in [9.17, 15) is 9.59 Å². The Morgan fingerprint density at radius 2 is 1.80 bits per heavy atom. The smallest absolute Gasteiger partial charge is 0.231 e. The van der Waals surface area contributed by atoms with Crippen LogP contribution in [0.25, 0.3) is 0 Å². The first kappa shape index (κ1) is 20.0. The summed E-state index contributed by atoms with van der Waals surface area (Å²) in [7, 11) is 0.